The lowest BCUT2D eigenvalue weighted by molar-refractivity contribution is -0.144. The zero-order chi connectivity index (χ0) is 19.9. The minimum atomic E-state index is -3.77. The van der Waals surface area contributed by atoms with Crippen molar-refractivity contribution < 1.29 is 17.9 Å². The lowest BCUT2D eigenvalue weighted by Gasteiger charge is -2.48. The van der Waals surface area contributed by atoms with Crippen LogP contribution in [-0.2, 0) is 21.2 Å². The van der Waals surface area contributed by atoms with E-state index in [1.54, 1.807) is 31.1 Å². The molecule has 1 amide bonds. The van der Waals surface area contributed by atoms with Gasteiger partial charge in [-0.2, -0.15) is 4.31 Å². The molecule has 0 aromatic heterocycles. The predicted octanol–water partition coefficient (Wildman–Crippen LogP) is 2.59. The Hall–Kier alpha value is -1.60. The monoisotopic (exact) mass is 382 g/mol. The Bertz CT molecular complexity index is 800. The van der Waals surface area contributed by atoms with Crippen molar-refractivity contribution in [3.05, 3.63) is 23.3 Å². The molecular formula is C19H30N2O4S. The van der Waals surface area contributed by atoms with Gasteiger partial charge in [0, 0.05) is 12.6 Å². The van der Waals surface area contributed by atoms with Gasteiger partial charge in [-0.3, -0.25) is 4.79 Å². The summed E-state index contributed by atoms with van der Waals surface area (Å²) in [7, 11) is -2.20. The van der Waals surface area contributed by atoms with Crippen LogP contribution in [0.2, 0.25) is 0 Å². The summed E-state index contributed by atoms with van der Waals surface area (Å²) in [6.07, 6.45) is 0.664. The number of rotatable bonds is 5. The molecule has 1 aromatic rings. The lowest BCUT2D eigenvalue weighted by Crippen LogP contribution is -2.64. The summed E-state index contributed by atoms with van der Waals surface area (Å²) in [6.45, 7) is 11.6. The molecular weight excluding hydrogens is 352 g/mol. The number of hydrogen-bond acceptors (Lipinski definition) is 4. The van der Waals surface area contributed by atoms with Gasteiger partial charge in [0.1, 0.15) is 5.75 Å². The van der Waals surface area contributed by atoms with Crippen molar-refractivity contribution in [1.82, 2.24) is 9.21 Å². The van der Waals surface area contributed by atoms with Crippen LogP contribution in [0.15, 0.2) is 17.0 Å². The van der Waals surface area contributed by atoms with Crippen LogP contribution in [0.5, 0.6) is 5.75 Å². The van der Waals surface area contributed by atoms with Gasteiger partial charge in [-0.15, -0.1) is 0 Å². The number of hydrogen-bond donors (Lipinski definition) is 0. The SMILES string of the molecule is CCc1cc(S(=O)(=O)N2CC(=O)N(C(C)C)C(C)(C)C2)c(C)cc1OC. The minimum Gasteiger partial charge on any atom is -0.496 e. The maximum Gasteiger partial charge on any atom is 0.243 e. The maximum atomic E-state index is 13.3. The normalized spacial score (nSPS) is 18.5. The van der Waals surface area contributed by atoms with Crippen LogP contribution in [0.4, 0.5) is 0 Å². The van der Waals surface area contributed by atoms with Gasteiger partial charge in [-0.1, -0.05) is 6.92 Å². The van der Waals surface area contributed by atoms with E-state index in [9.17, 15) is 13.2 Å². The molecule has 0 bridgehead atoms. The number of methoxy groups -OCH3 is 1. The van der Waals surface area contributed by atoms with Crippen LogP contribution in [0, 0.1) is 6.92 Å². The second-order valence-electron chi connectivity index (χ2n) is 7.73. The van der Waals surface area contributed by atoms with E-state index >= 15 is 0 Å². The number of sulfonamides is 1. The Balaban J connectivity index is 2.48. The van der Waals surface area contributed by atoms with E-state index < -0.39 is 15.6 Å². The van der Waals surface area contributed by atoms with E-state index in [-0.39, 0.29) is 29.9 Å². The molecule has 0 radical (unpaired) electrons. The highest BCUT2D eigenvalue weighted by Gasteiger charge is 2.44. The number of ether oxygens (including phenoxy) is 1. The highest BCUT2D eigenvalue weighted by atomic mass is 32.2. The number of benzene rings is 1. The zero-order valence-electron chi connectivity index (χ0n) is 16.8. The van der Waals surface area contributed by atoms with Crippen molar-refractivity contribution in [2.75, 3.05) is 20.2 Å². The summed E-state index contributed by atoms with van der Waals surface area (Å²) in [4.78, 5) is 14.7. The molecule has 0 aliphatic carbocycles. The summed E-state index contributed by atoms with van der Waals surface area (Å²) in [6, 6.07) is 3.45. The molecule has 0 spiro atoms. The predicted molar refractivity (Wildman–Crippen MR) is 102 cm³/mol. The standard InChI is InChI=1S/C19H30N2O4S/c1-8-15-10-17(14(4)9-16(15)25-7)26(23,24)20-11-18(22)21(13(2)3)19(5,6)12-20/h9-10,13H,8,11-12H2,1-7H3. The molecule has 0 saturated carbocycles. The fourth-order valence-corrected chi connectivity index (χ4v) is 5.67. The molecule has 2 rings (SSSR count). The van der Waals surface area contributed by atoms with Crippen LogP contribution in [0.1, 0.15) is 45.7 Å². The smallest absolute Gasteiger partial charge is 0.243 e. The Morgan fingerprint density at radius 1 is 1.27 bits per heavy atom. The number of carbonyl (C=O) groups excluding carboxylic acids is 1. The summed E-state index contributed by atoms with van der Waals surface area (Å²) >= 11 is 0. The van der Waals surface area contributed by atoms with Gasteiger partial charge >= 0.3 is 0 Å². The van der Waals surface area contributed by atoms with Gasteiger partial charge in [0.15, 0.2) is 0 Å². The van der Waals surface area contributed by atoms with Gasteiger partial charge in [0.2, 0.25) is 15.9 Å². The molecule has 1 aromatic carbocycles. The van der Waals surface area contributed by atoms with Crippen molar-refractivity contribution in [1.29, 1.82) is 0 Å². The number of amides is 1. The van der Waals surface area contributed by atoms with Crippen molar-refractivity contribution in [2.45, 2.75) is 64.4 Å². The first kappa shape index (κ1) is 20.7. The number of piperazine rings is 1. The Kier molecular flexibility index (Phi) is 5.73. The molecule has 1 aliphatic heterocycles. The molecule has 7 heteroatoms. The third kappa shape index (κ3) is 3.60. The third-order valence-electron chi connectivity index (χ3n) is 4.89. The number of aryl methyl sites for hydroxylation is 2. The van der Waals surface area contributed by atoms with E-state index in [2.05, 4.69) is 0 Å². The van der Waals surface area contributed by atoms with Crippen molar-refractivity contribution in [2.24, 2.45) is 0 Å². The minimum absolute atomic E-state index is 0.0248. The molecule has 1 aliphatic rings. The third-order valence-corrected chi connectivity index (χ3v) is 6.82. The van der Waals surface area contributed by atoms with E-state index in [1.807, 2.05) is 34.6 Å². The Morgan fingerprint density at radius 2 is 1.88 bits per heavy atom. The van der Waals surface area contributed by atoms with Crippen molar-refractivity contribution >= 4 is 15.9 Å². The molecule has 0 unspecified atom stereocenters. The summed E-state index contributed by atoms with van der Waals surface area (Å²) < 4.78 is 33.3. The van der Waals surface area contributed by atoms with Crippen LogP contribution in [-0.4, -0.2) is 55.3 Å². The first-order chi connectivity index (χ1) is 12.0. The second kappa shape index (κ2) is 7.19. The largest absolute Gasteiger partial charge is 0.496 e. The molecule has 1 fully saturated rings. The quantitative estimate of drug-likeness (QED) is 0.785. The summed E-state index contributed by atoms with van der Waals surface area (Å²) in [5.74, 6) is 0.520. The van der Waals surface area contributed by atoms with E-state index in [0.29, 0.717) is 17.7 Å². The zero-order valence-corrected chi connectivity index (χ0v) is 17.6. The highest BCUT2D eigenvalue weighted by Crippen LogP contribution is 2.32. The van der Waals surface area contributed by atoms with Crippen molar-refractivity contribution in [3.8, 4) is 5.75 Å². The molecule has 1 saturated heterocycles. The van der Waals surface area contributed by atoms with E-state index in [0.717, 1.165) is 5.56 Å². The van der Waals surface area contributed by atoms with Crippen LogP contribution >= 0.6 is 0 Å². The van der Waals surface area contributed by atoms with Gasteiger partial charge in [0.05, 0.1) is 24.1 Å². The van der Waals surface area contributed by atoms with Gasteiger partial charge in [0.25, 0.3) is 0 Å². The average molecular weight is 383 g/mol. The summed E-state index contributed by atoms with van der Waals surface area (Å²) in [5, 5.41) is 0. The Morgan fingerprint density at radius 3 is 2.35 bits per heavy atom. The topological polar surface area (TPSA) is 66.9 Å². The van der Waals surface area contributed by atoms with E-state index in [4.69, 9.17) is 4.74 Å². The van der Waals surface area contributed by atoms with Gasteiger partial charge in [-0.05, 0) is 64.3 Å². The summed E-state index contributed by atoms with van der Waals surface area (Å²) in [5.41, 5.74) is 0.892. The number of nitrogens with zero attached hydrogens (tertiary/aromatic N) is 2. The second-order valence-corrected chi connectivity index (χ2v) is 9.63. The maximum absolute atomic E-state index is 13.3. The molecule has 6 nitrogen and oxygen atoms in total. The molecule has 26 heavy (non-hydrogen) atoms. The van der Waals surface area contributed by atoms with Crippen LogP contribution in [0.3, 0.4) is 0 Å². The van der Waals surface area contributed by atoms with Gasteiger partial charge in [-0.25, -0.2) is 8.42 Å². The molecule has 146 valence electrons. The number of carbonyl (C=O) groups is 1. The van der Waals surface area contributed by atoms with E-state index in [1.165, 1.54) is 4.31 Å². The highest BCUT2D eigenvalue weighted by molar-refractivity contribution is 7.89. The Labute approximate surface area is 157 Å². The fraction of sp³-hybridized carbons (Fsp3) is 0.632. The lowest BCUT2D eigenvalue weighted by atomic mass is 9.98. The van der Waals surface area contributed by atoms with Gasteiger partial charge < -0.3 is 9.64 Å². The fourth-order valence-electron chi connectivity index (χ4n) is 3.87. The molecule has 0 atom stereocenters. The first-order valence-electron chi connectivity index (χ1n) is 8.95. The first-order valence-corrected chi connectivity index (χ1v) is 10.4. The van der Waals surface area contributed by atoms with Crippen LogP contribution < -0.4 is 4.74 Å². The molecule has 0 N–H and O–H groups in total. The molecule has 1 heterocycles. The van der Waals surface area contributed by atoms with Crippen LogP contribution in [0.25, 0.3) is 0 Å². The average Bonchev–Trinajstić information content (AvgIpc) is 2.52. The van der Waals surface area contributed by atoms with Crippen molar-refractivity contribution in [3.63, 3.8) is 0 Å².